The second-order valence-electron chi connectivity index (χ2n) is 12.8. The van der Waals surface area contributed by atoms with Gasteiger partial charge in [-0.15, -0.1) is 0 Å². The van der Waals surface area contributed by atoms with Gasteiger partial charge in [0, 0.05) is 38.7 Å². The van der Waals surface area contributed by atoms with Gasteiger partial charge in [-0.05, 0) is 61.0 Å². The van der Waals surface area contributed by atoms with E-state index in [-0.39, 0.29) is 11.5 Å². The lowest BCUT2D eigenvalue weighted by Crippen LogP contribution is -2.27. The lowest BCUT2D eigenvalue weighted by Gasteiger charge is -2.35. The third-order valence-electron chi connectivity index (χ3n) is 10.0. The van der Waals surface area contributed by atoms with E-state index in [2.05, 4.69) is 155 Å². The van der Waals surface area contributed by atoms with Crippen LogP contribution >= 0.6 is 0 Å². The van der Waals surface area contributed by atoms with Gasteiger partial charge in [0.05, 0.1) is 33.8 Å². The van der Waals surface area contributed by atoms with Gasteiger partial charge < -0.3 is 14.2 Å². The SMILES string of the molecule is CC1(C)c2ccccc2Oc2c(-n3c4ccccc4c4cc(N5c6nc7ccccc7n6C6=CC=CCC65)ccc43)cccc21. The first-order chi connectivity index (χ1) is 22.1. The van der Waals surface area contributed by atoms with Crippen LogP contribution < -0.4 is 9.64 Å². The summed E-state index contributed by atoms with van der Waals surface area (Å²) in [6.07, 6.45) is 7.62. The van der Waals surface area contributed by atoms with Crippen molar-refractivity contribution in [1.29, 1.82) is 0 Å². The first-order valence-electron chi connectivity index (χ1n) is 15.7. The number of para-hydroxylation sites is 5. The van der Waals surface area contributed by atoms with Gasteiger partial charge in [-0.2, -0.15) is 0 Å². The van der Waals surface area contributed by atoms with Crippen LogP contribution in [0.4, 0.5) is 11.6 Å². The number of hydrogen-bond donors (Lipinski definition) is 0. The lowest BCUT2D eigenvalue weighted by molar-refractivity contribution is 0.416. The molecule has 0 radical (unpaired) electrons. The molecule has 4 heterocycles. The molecule has 0 bridgehead atoms. The Morgan fingerprint density at radius 2 is 1.51 bits per heavy atom. The highest BCUT2D eigenvalue weighted by molar-refractivity contribution is 6.11. The Bertz CT molecular complexity index is 2440. The second-order valence-corrected chi connectivity index (χ2v) is 12.8. The minimum atomic E-state index is -0.188. The number of rotatable bonds is 2. The van der Waals surface area contributed by atoms with Crippen LogP contribution in [0.3, 0.4) is 0 Å². The lowest BCUT2D eigenvalue weighted by atomic mass is 9.75. The first-order valence-corrected chi connectivity index (χ1v) is 15.7. The van der Waals surface area contributed by atoms with E-state index < -0.39 is 0 Å². The summed E-state index contributed by atoms with van der Waals surface area (Å²) >= 11 is 0. The van der Waals surface area contributed by atoms with Gasteiger partial charge in [0.25, 0.3) is 0 Å². The van der Waals surface area contributed by atoms with E-state index >= 15 is 0 Å². The molecule has 0 fully saturated rings. The van der Waals surface area contributed by atoms with Gasteiger partial charge in [-0.3, -0.25) is 4.57 Å². The molecule has 1 atom stereocenters. The molecule has 5 heteroatoms. The number of ether oxygens (including phenoxy) is 1. The predicted molar refractivity (Wildman–Crippen MR) is 183 cm³/mol. The summed E-state index contributed by atoms with van der Waals surface area (Å²) < 4.78 is 11.5. The maximum Gasteiger partial charge on any atom is 0.216 e. The van der Waals surface area contributed by atoms with Gasteiger partial charge in [-0.1, -0.05) is 86.7 Å². The smallest absolute Gasteiger partial charge is 0.216 e. The zero-order chi connectivity index (χ0) is 29.9. The van der Waals surface area contributed by atoms with Gasteiger partial charge in [0.2, 0.25) is 5.95 Å². The van der Waals surface area contributed by atoms with Crippen molar-refractivity contribution in [3.63, 3.8) is 0 Å². The fourth-order valence-corrected chi connectivity index (χ4v) is 7.93. The number of anilines is 2. The largest absolute Gasteiger partial charge is 0.455 e. The molecular formula is C40H30N4O. The third-order valence-corrected chi connectivity index (χ3v) is 10.0. The van der Waals surface area contributed by atoms with E-state index in [1.807, 2.05) is 0 Å². The van der Waals surface area contributed by atoms with Crippen LogP contribution in [-0.2, 0) is 5.41 Å². The molecule has 3 aliphatic rings. The number of aromatic nitrogens is 3. The van der Waals surface area contributed by atoms with E-state index in [1.54, 1.807) is 0 Å². The Hall–Kier alpha value is -5.55. The number of benzene rings is 5. The van der Waals surface area contributed by atoms with Crippen molar-refractivity contribution in [3.8, 4) is 17.2 Å². The second kappa shape index (κ2) is 8.76. The van der Waals surface area contributed by atoms with Crippen LogP contribution in [0.25, 0.3) is 44.2 Å². The number of nitrogens with zero attached hydrogens (tertiary/aromatic N) is 4. The summed E-state index contributed by atoms with van der Waals surface area (Å²) in [5, 5.41) is 2.43. The zero-order valence-corrected chi connectivity index (χ0v) is 25.1. The summed E-state index contributed by atoms with van der Waals surface area (Å²) in [4.78, 5) is 7.57. The fourth-order valence-electron chi connectivity index (χ4n) is 7.93. The van der Waals surface area contributed by atoms with Crippen molar-refractivity contribution in [2.75, 3.05) is 4.90 Å². The Morgan fingerprint density at radius 3 is 2.44 bits per heavy atom. The minimum absolute atomic E-state index is 0.188. The fraction of sp³-hybridized carbons (Fsp3) is 0.125. The van der Waals surface area contributed by atoms with E-state index in [9.17, 15) is 0 Å². The summed E-state index contributed by atoms with van der Waals surface area (Å²) in [6.45, 7) is 4.59. The molecule has 1 unspecified atom stereocenters. The number of fused-ring (bicyclic) bond motifs is 10. The maximum atomic E-state index is 6.75. The summed E-state index contributed by atoms with van der Waals surface area (Å²) in [5.41, 5.74) is 10.2. The van der Waals surface area contributed by atoms with Gasteiger partial charge in [-0.25, -0.2) is 4.98 Å². The third kappa shape index (κ3) is 3.25. The molecule has 0 N–H and O–H groups in total. The topological polar surface area (TPSA) is 35.2 Å². The number of allylic oxidation sites excluding steroid dienone is 2. The Balaban J connectivity index is 1.20. The van der Waals surface area contributed by atoms with Gasteiger partial charge >= 0.3 is 0 Å². The highest BCUT2D eigenvalue weighted by Gasteiger charge is 2.39. The van der Waals surface area contributed by atoms with E-state index in [1.165, 1.54) is 27.6 Å². The van der Waals surface area contributed by atoms with Crippen LogP contribution in [0, 0.1) is 0 Å². The van der Waals surface area contributed by atoms with Crippen molar-refractivity contribution >= 4 is 50.2 Å². The molecule has 216 valence electrons. The van der Waals surface area contributed by atoms with Crippen molar-refractivity contribution in [2.24, 2.45) is 0 Å². The predicted octanol–water partition coefficient (Wildman–Crippen LogP) is 9.89. The monoisotopic (exact) mass is 582 g/mol. The summed E-state index contributed by atoms with van der Waals surface area (Å²) in [6, 6.07) is 39.2. The molecule has 7 aromatic rings. The van der Waals surface area contributed by atoms with E-state index in [0.29, 0.717) is 0 Å². The standard InChI is InChI=1S/C40H30N4O/c1-40(2)28-13-4-10-21-37(28)45-38-29(40)14-11-20-36(38)43-31-16-6-3-12-26(31)27-24-25(22-23-32(27)43)42-34-18-8-9-19-35(34)44-33-17-7-5-15-30(33)41-39(42)44/h3-17,19-24,34H,18H2,1-2H3. The Kier molecular flexibility index (Phi) is 4.84. The highest BCUT2D eigenvalue weighted by Crippen LogP contribution is 2.51. The van der Waals surface area contributed by atoms with Crippen LogP contribution in [0.2, 0.25) is 0 Å². The van der Waals surface area contributed by atoms with Crippen molar-refractivity contribution < 1.29 is 4.74 Å². The number of imidazole rings is 1. The Morgan fingerprint density at radius 1 is 0.733 bits per heavy atom. The zero-order valence-electron chi connectivity index (χ0n) is 25.1. The molecule has 5 nitrogen and oxygen atoms in total. The molecule has 45 heavy (non-hydrogen) atoms. The molecule has 0 amide bonds. The van der Waals surface area contributed by atoms with Crippen LogP contribution in [0.15, 0.2) is 127 Å². The molecule has 2 aromatic heterocycles. The average molecular weight is 583 g/mol. The van der Waals surface area contributed by atoms with Crippen molar-refractivity contribution in [3.05, 3.63) is 139 Å². The first kappa shape index (κ1) is 24.8. The van der Waals surface area contributed by atoms with Crippen LogP contribution in [-0.4, -0.2) is 20.2 Å². The minimum Gasteiger partial charge on any atom is -0.455 e. The highest BCUT2D eigenvalue weighted by atomic mass is 16.5. The van der Waals surface area contributed by atoms with Gasteiger partial charge in [0.1, 0.15) is 5.75 Å². The van der Waals surface area contributed by atoms with Crippen LogP contribution in [0.1, 0.15) is 31.4 Å². The van der Waals surface area contributed by atoms with Gasteiger partial charge in [0.15, 0.2) is 5.75 Å². The quantitative estimate of drug-likeness (QED) is 0.204. The molecule has 0 spiro atoms. The molecular weight excluding hydrogens is 552 g/mol. The van der Waals surface area contributed by atoms with Crippen molar-refractivity contribution in [1.82, 2.24) is 14.1 Å². The van der Waals surface area contributed by atoms with E-state index in [0.717, 1.165) is 57.3 Å². The maximum absolute atomic E-state index is 6.75. The average Bonchev–Trinajstić information content (AvgIpc) is 3.71. The number of hydrogen-bond acceptors (Lipinski definition) is 3. The van der Waals surface area contributed by atoms with Crippen molar-refractivity contribution in [2.45, 2.75) is 31.7 Å². The normalized spacial score (nSPS) is 17.6. The van der Waals surface area contributed by atoms with E-state index in [4.69, 9.17) is 9.72 Å². The molecule has 1 aliphatic carbocycles. The summed E-state index contributed by atoms with van der Waals surface area (Å²) in [5.74, 6) is 2.82. The summed E-state index contributed by atoms with van der Waals surface area (Å²) in [7, 11) is 0. The molecule has 5 aromatic carbocycles. The van der Waals surface area contributed by atoms with Crippen LogP contribution in [0.5, 0.6) is 11.5 Å². The molecule has 0 saturated carbocycles. The Labute approximate surface area is 260 Å². The molecule has 2 aliphatic heterocycles. The molecule has 0 saturated heterocycles. The molecule has 10 rings (SSSR count).